The Morgan fingerprint density at radius 3 is 1.33 bits per heavy atom. The molecule has 0 saturated carbocycles. The molecule has 0 bridgehead atoms. The topological polar surface area (TPSA) is 57.5 Å². The van der Waals surface area contributed by atoms with E-state index in [1.807, 2.05) is 0 Å². The first-order chi connectivity index (χ1) is 1.73. The summed E-state index contributed by atoms with van der Waals surface area (Å²) >= 11 is 0. The normalized spacial score (nSPS) is 4.00. The van der Waals surface area contributed by atoms with E-state index in [4.69, 9.17) is 14.1 Å². The van der Waals surface area contributed by atoms with Crippen molar-refractivity contribution in [2.75, 3.05) is 0 Å². The average molecular weight is 145 g/mol. The fourth-order valence-corrected chi connectivity index (χ4v) is 0. The third kappa shape index (κ3) is 126. The molecule has 35 valence electrons. The maximum absolute atomic E-state index is 8.74. The Bertz CT molecular complexity index is 33.8. The van der Waals surface area contributed by atoms with Crippen molar-refractivity contribution in [2.45, 2.75) is 0 Å². The van der Waals surface area contributed by atoms with Gasteiger partial charge in [-0.3, -0.25) is 4.46 Å². The van der Waals surface area contributed by atoms with E-state index < -0.39 is 9.17 Å². The van der Waals surface area contributed by atoms with Crippen molar-refractivity contribution in [1.29, 1.82) is 0 Å². The second kappa shape index (κ2) is 9.21. The molecule has 6 heteroatoms. The molecule has 0 heterocycles. The molecule has 0 fully saturated rings. The average Bonchev–Trinajstić information content (AvgIpc) is 0.811. The van der Waals surface area contributed by atoms with Gasteiger partial charge in [-0.2, -0.15) is 0 Å². The van der Waals surface area contributed by atoms with Gasteiger partial charge in [-0.25, -0.2) is 0 Å². The van der Waals surface area contributed by atoms with Crippen LogP contribution in [-0.2, 0) is 21.2 Å². The summed E-state index contributed by atoms with van der Waals surface area (Å²) < 4.78 is 8.74. The summed E-state index contributed by atoms with van der Waals surface area (Å²) in [6.07, 6.45) is 0. The predicted molar refractivity (Wildman–Crippen MR) is 18.0 cm³/mol. The van der Waals surface area contributed by atoms with Gasteiger partial charge in [-0.05, 0) is 0 Å². The zero-order chi connectivity index (χ0) is 3.58. The van der Waals surface area contributed by atoms with E-state index in [-0.39, 0.29) is 35.6 Å². The molecule has 0 aliphatic heterocycles. The minimum atomic E-state index is -3.13. The number of hydrogen-bond donors (Lipinski definition) is 2. The van der Waals surface area contributed by atoms with Crippen LogP contribution >= 0.6 is 0 Å². The van der Waals surface area contributed by atoms with Crippen molar-refractivity contribution in [1.82, 2.24) is 0 Å². The van der Waals surface area contributed by atoms with Gasteiger partial charge >= 0.3 is 28.0 Å². The second-order valence-electron chi connectivity index (χ2n) is 0.283. The van der Waals surface area contributed by atoms with E-state index in [0.717, 1.165) is 0 Å². The van der Waals surface area contributed by atoms with Gasteiger partial charge in [0.2, 0.25) is 0 Å². The Kier molecular flexibility index (Phi) is 24.4. The van der Waals surface area contributed by atoms with Crippen LogP contribution in [0.4, 0.5) is 0 Å². The van der Waals surface area contributed by atoms with Crippen molar-refractivity contribution in [2.24, 2.45) is 0 Å². The molecule has 2 N–H and O–H groups in total. The van der Waals surface area contributed by atoms with Crippen LogP contribution in [0.3, 0.4) is 0 Å². The van der Waals surface area contributed by atoms with Crippen LogP contribution in [0.25, 0.3) is 0 Å². The van der Waals surface area contributed by atoms with Gasteiger partial charge in [-0.15, -0.1) is 0 Å². The molecule has 0 rings (SSSR count). The van der Waals surface area contributed by atoms with Crippen LogP contribution in [0.15, 0.2) is 0 Å². The van der Waals surface area contributed by atoms with Crippen LogP contribution in [0.5, 0.6) is 0 Å². The van der Waals surface area contributed by atoms with Gasteiger partial charge in [0, 0.05) is 16.8 Å². The third-order valence-corrected chi connectivity index (χ3v) is 0. The molecule has 0 atom stereocenters. The van der Waals surface area contributed by atoms with Crippen molar-refractivity contribution in [3.05, 3.63) is 0 Å². The number of rotatable bonds is 0. The van der Waals surface area contributed by atoms with Crippen LogP contribution < -0.4 is 0 Å². The molecule has 0 aliphatic rings. The first kappa shape index (κ1) is 15.9. The fraction of sp³-hybridized carbons (Fsp3) is 0. The van der Waals surface area contributed by atoms with Crippen molar-refractivity contribution < 1.29 is 30.8 Å². The molecular formula is H3CoLiO3Si. The van der Waals surface area contributed by atoms with Gasteiger partial charge in [0.1, 0.15) is 0 Å². The molecule has 1 radical (unpaired) electrons. The molecule has 0 aromatic heterocycles. The summed E-state index contributed by atoms with van der Waals surface area (Å²) in [5.41, 5.74) is 0. The fourth-order valence-electron chi connectivity index (χ4n) is 0. The van der Waals surface area contributed by atoms with Gasteiger partial charge in [0.05, 0.1) is 0 Å². The zero-order valence-electron chi connectivity index (χ0n) is 2.14. The predicted octanol–water partition coefficient (Wildman–Crippen LogP) is -2.26. The maximum atomic E-state index is 8.74. The molecule has 3 nitrogen and oxygen atoms in total. The zero-order valence-corrected chi connectivity index (χ0v) is 4.18. The van der Waals surface area contributed by atoms with E-state index in [9.17, 15) is 0 Å². The summed E-state index contributed by atoms with van der Waals surface area (Å²) in [6.45, 7) is 0. The summed E-state index contributed by atoms with van der Waals surface area (Å²) in [5, 5.41) is 0. The van der Waals surface area contributed by atoms with Crippen LogP contribution in [0, 0.1) is 0 Å². The van der Waals surface area contributed by atoms with E-state index in [2.05, 4.69) is 0 Å². The number of hydrogen-bond acceptors (Lipinski definition) is 1. The molecule has 0 spiro atoms. The summed E-state index contributed by atoms with van der Waals surface area (Å²) in [5.74, 6) is 0. The molecule has 0 amide bonds. The van der Waals surface area contributed by atoms with Crippen molar-refractivity contribution in [3.63, 3.8) is 0 Å². The molecule has 0 aromatic rings. The summed E-state index contributed by atoms with van der Waals surface area (Å²) in [6, 6.07) is 0. The standard InChI is InChI=1S/Co.Li.H2O3Si.H/c;;1-4(2)3;/h;;1-2H;. The van der Waals surface area contributed by atoms with Gasteiger partial charge in [-0.1, -0.05) is 0 Å². The Hall–Kier alpha value is 0.721. The molecule has 0 unspecified atom stereocenters. The molecule has 0 aliphatic carbocycles. The van der Waals surface area contributed by atoms with Gasteiger partial charge in [0.15, 0.2) is 0 Å². The molecule has 0 saturated heterocycles. The Morgan fingerprint density at radius 1 is 1.33 bits per heavy atom. The molecule has 0 aromatic carbocycles. The van der Waals surface area contributed by atoms with E-state index in [1.54, 1.807) is 0 Å². The third-order valence-electron chi connectivity index (χ3n) is 0. The second-order valence-corrected chi connectivity index (χ2v) is 0.848. The van der Waals surface area contributed by atoms with Crippen LogP contribution in [0.2, 0.25) is 0 Å². The van der Waals surface area contributed by atoms with Crippen molar-refractivity contribution in [3.8, 4) is 0 Å². The van der Waals surface area contributed by atoms with Crippen LogP contribution in [-0.4, -0.2) is 37.6 Å². The van der Waals surface area contributed by atoms with E-state index >= 15 is 0 Å². The van der Waals surface area contributed by atoms with Crippen LogP contribution in [0.1, 0.15) is 0 Å². The Morgan fingerprint density at radius 2 is 1.33 bits per heavy atom. The Labute approximate surface area is 59.0 Å². The molecule has 6 heavy (non-hydrogen) atoms. The first-order valence-electron chi connectivity index (χ1n) is 0.651. The monoisotopic (exact) mass is 145 g/mol. The molecular weight excluding hydrogens is 142 g/mol. The quantitative estimate of drug-likeness (QED) is 0.378. The van der Waals surface area contributed by atoms with Gasteiger partial charge in [0.25, 0.3) is 0 Å². The summed E-state index contributed by atoms with van der Waals surface area (Å²) in [4.78, 5) is 14.3. The minimum absolute atomic E-state index is 0. The first-order valence-corrected chi connectivity index (χ1v) is 1.95. The summed E-state index contributed by atoms with van der Waals surface area (Å²) in [7, 11) is -3.13. The van der Waals surface area contributed by atoms with Gasteiger partial charge < -0.3 is 9.59 Å². The SMILES string of the molecule is O=[Si](O)O.[Co].[LiH]. The van der Waals surface area contributed by atoms with E-state index in [1.165, 1.54) is 0 Å². The van der Waals surface area contributed by atoms with E-state index in [0.29, 0.717) is 0 Å². The Balaban J connectivity index is -0.0000000450. The van der Waals surface area contributed by atoms with Crippen molar-refractivity contribution >= 4 is 28.0 Å².